The van der Waals surface area contributed by atoms with E-state index in [-0.39, 0.29) is 11.8 Å². The number of nitrogens with zero attached hydrogens (tertiary/aromatic N) is 2. The zero-order valence-corrected chi connectivity index (χ0v) is 18.4. The molecule has 27 heavy (non-hydrogen) atoms. The first kappa shape index (κ1) is 22.3. The summed E-state index contributed by atoms with van der Waals surface area (Å²) in [5, 5.41) is 0.788. The van der Waals surface area contributed by atoms with Crippen molar-refractivity contribution in [3.05, 3.63) is 33.8 Å². The van der Waals surface area contributed by atoms with Crippen LogP contribution in [0.4, 0.5) is 4.79 Å². The monoisotopic (exact) mass is 436 g/mol. The molecule has 6 nitrogen and oxygen atoms in total. The number of rotatable bonds is 4. The molecule has 1 aliphatic heterocycles. The molecule has 2 rings (SSSR count). The average molecular weight is 437 g/mol. The zero-order chi connectivity index (χ0) is 20.4. The van der Waals surface area contributed by atoms with E-state index in [9.17, 15) is 13.2 Å². The summed E-state index contributed by atoms with van der Waals surface area (Å²) in [5.74, 6) is -0.244. The quantitative estimate of drug-likeness (QED) is 0.710. The summed E-state index contributed by atoms with van der Waals surface area (Å²) in [5.41, 5.74) is -0.137. The number of likely N-dealkylation sites (tertiary alicyclic amines) is 1. The highest BCUT2D eigenvalue weighted by molar-refractivity contribution is 7.88. The minimum Gasteiger partial charge on any atom is -0.444 e. The lowest BCUT2D eigenvalue weighted by molar-refractivity contribution is 0.0163. The van der Waals surface area contributed by atoms with E-state index in [0.717, 1.165) is 0 Å². The van der Waals surface area contributed by atoms with E-state index < -0.39 is 21.7 Å². The van der Waals surface area contributed by atoms with Gasteiger partial charge in [-0.15, -0.1) is 0 Å². The normalized spacial score (nSPS) is 18.6. The maximum atomic E-state index is 12.9. The van der Waals surface area contributed by atoms with Gasteiger partial charge in [-0.05, 0) is 57.4 Å². The molecule has 0 aliphatic carbocycles. The minimum absolute atomic E-state index is 0.244. The first-order valence-corrected chi connectivity index (χ1v) is 11.1. The highest BCUT2D eigenvalue weighted by Gasteiger charge is 2.34. The van der Waals surface area contributed by atoms with E-state index in [4.69, 9.17) is 27.9 Å². The van der Waals surface area contributed by atoms with Gasteiger partial charge >= 0.3 is 6.09 Å². The molecule has 9 heteroatoms. The minimum atomic E-state index is -3.63. The largest absolute Gasteiger partial charge is 0.444 e. The molecule has 0 radical (unpaired) electrons. The molecule has 152 valence electrons. The van der Waals surface area contributed by atoms with Gasteiger partial charge in [0.15, 0.2) is 0 Å². The van der Waals surface area contributed by atoms with Crippen molar-refractivity contribution in [3.63, 3.8) is 0 Å². The zero-order valence-electron chi connectivity index (χ0n) is 16.0. The van der Waals surface area contributed by atoms with Gasteiger partial charge in [-0.25, -0.2) is 13.2 Å². The summed E-state index contributed by atoms with van der Waals surface area (Å²) in [6, 6.07) is 4.45. The number of hydrogen-bond donors (Lipinski definition) is 0. The highest BCUT2D eigenvalue weighted by atomic mass is 35.5. The van der Waals surface area contributed by atoms with E-state index in [2.05, 4.69) is 0 Å². The number of halogens is 2. The van der Waals surface area contributed by atoms with Gasteiger partial charge in [0.1, 0.15) is 5.60 Å². The van der Waals surface area contributed by atoms with Crippen molar-refractivity contribution in [3.8, 4) is 0 Å². The second-order valence-corrected chi connectivity index (χ2v) is 10.6. The first-order valence-electron chi connectivity index (χ1n) is 8.76. The third-order valence-corrected chi connectivity index (χ3v) is 6.80. The molecule has 0 saturated carbocycles. The molecule has 1 amide bonds. The predicted octanol–water partition coefficient (Wildman–Crippen LogP) is 4.15. The Kier molecular flexibility index (Phi) is 7.06. The van der Waals surface area contributed by atoms with Crippen LogP contribution in [-0.2, 0) is 20.5 Å². The Bertz CT molecular complexity index is 793. The van der Waals surface area contributed by atoms with Crippen LogP contribution in [0.1, 0.15) is 39.2 Å². The van der Waals surface area contributed by atoms with E-state index in [1.165, 1.54) is 11.4 Å². The van der Waals surface area contributed by atoms with Gasteiger partial charge in [0.2, 0.25) is 10.0 Å². The number of hydrogen-bond acceptors (Lipinski definition) is 4. The Balaban J connectivity index is 2.09. The second kappa shape index (κ2) is 8.55. The Hall–Kier alpha value is -1.02. The lowest BCUT2D eigenvalue weighted by Crippen LogP contribution is -2.51. The molecule has 1 aromatic rings. The summed E-state index contributed by atoms with van der Waals surface area (Å²) in [6.45, 7) is 6.26. The van der Waals surface area contributed by atoms with Crippen molar-refractivity contribution in [1.29, 1.82) is 0 Å². The molecule has 1 fully saturated rings. The fourth-order valence-electron chi connectivity index (χ4n) is 2.92. The van der Waals surface area contributed by atoms with E-state index in [1.807, 2.05) is 0 Å². The maximum Gasteiger partial charge on any atom is 0.410 e. The molecule has 0 N–H and O–H groups in total. The predicted molar refractivity (Wildman–Crippen MR) is 108 cm³/mol. The molecular formula is C18H26Cl2N2O4S. The van der Waals surface area contributed by atoms with Gasteiger partial charge in [0.25, 0.3) is 0 Å². The molecule has 1 aliphatic rings. The lowest BCUT2D eigenvalue weighted by atomic mass is 10.1. The first-order chi connectivity index (χ1) is 12.4. The number of piperidine rings is 1. The van der Waals surface area contributed by atoms with Crippen LogP contribution in [0.3, 0.4) is 0 Å². The number of benzene rings is 1. The van der Waals surface area contributed by atoms with Crippen LogP contribution in [0, 0.1) is 0 Å². The molecule has 1 aromatic carbocycles. The number of sulfonamides is 1. The van der Waals surface area contributed by atoms with Gasteiger partial charge in [0.05, 0.1) is 5.75 Å². The summed E-state index contributed by atoms with van der Waals surface area (Å²) in [6.07, 6.45) is 0.968. The van der Waals surface area contributed by atoms with Gasteiger partial charge in [0, 0.05) is 36.2 Å². The third kappa shape index (κ3) is 6.24. The number of likely N-dealkylation sites (N-methyl/N-ethyl adjacent to an activating group) is 1. The van der Waals surface area contributed by atoms with E-state index >= 15 is 0 Å². The highest BCUT2D eigenvalue weighted by Crippen LogP contribution is 2.26. The smallest absolute Gasteiger partial charge is 0.410 e. The van der Waals surface area contributed by atoms with Crippen molar-refractivity contribution >= 4 is 39.3 Å². The van der Waals surface area contributed by atoms with Gasteiger partial charge in [-0.3, -0.25) is 0 Å². The molecule has 1 atom stereocenters. The van der Waals surface area contributed by atoms with Crippen LogP contribution in [0.25, 0.3) is 0 Å². The number of carbonyl (C=O) groups excluding carboxylic acids is 1. The summed E-state index contributed by atoms with van der Waals surface area (Å²) >= 11 is 12.1. The molecule has 0 unspecified atom stereocenters. The van der Waals surface area contributed by atoms with Gasteiger partial charge < -0.3 is 9.64 Å². The van der Waals surface area contributed by atoms with Gasteiger partial charge in [-0.2, -0.15) is 4.31 Å². The fraction of sp³-hybridized carbons (Fsp3) is 0.611. The Morgan fingerprint density at radius 2 is 2.00 bits per heavy atom. The molecule has 0 spiro atoms. The van der Waals surface area contributed by atoms with Crippen molar-refractivity contribution in [2.75, 3.05) is 20.1 Å². The van der Waals surface area contributed by atoms with E-state index in [0.29, 0.717) is 41.5 Å². The number of ether oxygens (including phenoxy) is 1. The Morgan fingerprint density at radius 3 is 2.63 bits per heavy atom. The van der Waals surface area contributed by atoms with Crippen LogP contribution >= 0.6 is 23.2 Å². The SMILES string of the molecule is CN([C@@H]1CCCN(C(=O)OC(C)(C)C)C1)S(=O)(=O)Cc1cc(Cl)ccc1Cl. The number of amides is 1. The Labute approximate surface area is 171 Å². The lowest BCUT2D eigenvalue weighted by Gasteiger charge is -2.37. The van der Waals surface area contributed by atoms with Crippen LogP contribution in [0.2, 0.25) is 10.0 Å². The van der Waals surface area contributed by atoms with Crippen molar-refractivity contribution in [2.24, 2.45) is 0 Å². The average Bonchev–Trinajstić information content (AvgIpc) is 2.56. The summed E-state index contributed by atoms with van der Waals surface area (Å²) in [7, 11) is -2.09. The van der Waals surface area contributed by atoms with Crippen molar-refractivity contribution < 1.29 is 17.9 Å². The van der Waals surface area contributed by atoms with Crippen LogP contribution < -0.4 is 0 Å². The Morgan fingerprint density at radius 1 is 1.33 bits per heavy atom. The summed E-state index contributed by atoms with van der Waals surface area (Å²) < 4.78 is 32.5. The van der Waals surface area contributed by atoms with Crippen LogP contribution in [-0.4, -0.2) is 55.5 Å². The third-order valence-electron chi connectivity index (χ3n) is 4.35. The van der Waals surface area contributed by atoms with Crippen molar-refractivity contribution in [2.45, 2.75) is 51.0 Å². The number of carbonyl (C=O) groups is 1. The molecular weight excluding hydrogens is 411 g/mol. The fourth-order valence-corrected chi connectivity index (χ4v) is 4.84. The maximum absolute atomic E-state index is 12.9. The van der Waals surface area contributed by atoms with Crippen LogP contribution in [0.5, 0.6) is 0 Å². The molecule has 0 aromatic heterocycles. The van der Waals surface area contributed by atoms with Gasteiger partial charge in [-0.1, -0.05) is 23.2 Å². The second-order valence-electron chi connectivity index (χ2n) is 7.73. The topological polar surface area (TPSA) is 66.9 Å². The standard InChI is InChI=1S/C18H26Cl2N2O4S/c1-18(2,3)26-17(23)22-9-5-6-15(11-22)21(4)27(24,25)12-13-10-14(19)7-8-16(13)20/h7-8,10,15H,5-6,9,11-12H2,1-4H3/t15-/m1/s1. The molecule has 0 bridgehead atoms. The van der Waals surface area contributed by atoms with Crippen molar-refractivity contribution in [1.82, 2.24) is 9.21 Å². The van der Waals surface area contributed by atoms with E-state index in [1.54, 1.807) is 43.9 Å². The molecule has 1 heterocycles. The summed E-state index contributed by atoms with van der Waals surface area (Å²) in [4.78, 5) is 13.9. The molecule has 1 saturated heterocycles. The van der Waals surface area contributed by atoms with Crippen LogP contribution in [0.15, 0.2) is 18.2 Å².